The number of rotatable bonds is 4. The molecule has 0 amide bonds. The van der Waals surface area contributed by atoms with Crippen LogP contribution in [0.4, 0.5) is 11.4 Å². The number of benzene rings is 1. The number of piperidine rings is 1. The van der Waals surface area contributed by atoms with Crippen LogP contribution in [-0.4, -0.2) is 50.9 Å². The molecule has 1 saturated heterocycles. The van der Waals surface area contributed by atoms with Crippen LogP contribution in [0.15, 0.2) is 23.1 Å². The fourth-order valence-corrected chi connectivity index (χ4v) is 3.44. The van der Waals surface area contributed by atoms with Crippen LogP contribution in [0, 0.1) is 10.1 Å². The molecule has 1 fully saturated rings. The predicted octanol–water partition coefficient (Wildman–Crippen LogP) is 0.773. The van der Waals surface area contributed by atoms with E-state index in [2.05, 4.69) is 0 Å². The fourth-order valence-electron chi connectivity index (χ4n) is 2.52. The molecular formula is C13H20N4O4S. The van der Waals surface area contributed by atoms with Crippen LogP contribution in [0.2, 0.25) is 0 Å². The van der Waals surface area contributed by atoms with Gasteiger partial charge in [-0.1, -0.05) is 0 Å². The van der Waals surface area contributed by atoms with Crippen LogP contribution in [0.25, 0.3) is 0 Å². The minimum Gasteiger partial charge on any atom is -0.364 e. The van der Waals surface area contributed by atoms with Gasteiger partial charge in [-0.05, 0) is 25.0 Å². The summed E-state index contributed by atoms with van der Waals surface area (Å²) in [4.78, 5) is 12.5. The van der Waals surface area contributed by atoms with Crippen LogP contribution in [-0.2, 0) is 10.0 Å². The summed E-state index contributed by atoms with van der Waals surface area (Å²) in [6.45, 7) is 1.20. The highest BCUT2D eigenvalue weighted by molar-refractivity contribution is 7.89. The SMILES string of the molecule is CN(C)S(=O)(=O)c1ccc(N2CCC[C@@H](N)C2)c([N+](=O)[O-])c1. The zero-order valence-corrected chi connectivity index (χ0v) is 13.4. The lowest BCUT2D eigenvalue weighted by Crippen LogP contribution is -2.43. The molecule has 1 heterocycles. The maximum atomic E-state index is 12.1. The molecule has 1 atom stereocenters. The zero-order valence-electron chi connectivity index (χ0n) is 12.6. The molecule has 0 aromatic heterocycles. The van der Waals surface area contributed by atoms with E-state index in [1.54, 1.807) is 0 Å². The number of nitrogens with two attached hydrogens (primary N) is 1. The summed E-state index contributed by atoms with van der Waals surface area (Å²) in [6.07, 6.45) is 1.74. The molecule has 1 aromatic rings. The Bertz CT molecular complexity index is 675. The first-order valence-corrected chi connectivity index (χ1v) is 8.39. The van der Waals surface area contributed by atoms with Crippen molar-refractivity contribution in [2.45, 2.75) is 23.8 Å². The topological polar surface area (TPSA) is 110 Å². The molecule has 0 radical (unpaired) electrons. The Morgan fingerprint density at radius 2 is 2.09 bits per heavy atom. The fraction of sp³-hybridized carbons (Fsp3) is 0.538. The number of anilines is 1. The Kier molecular flexibility index (Phi) is 4.69. The number of hydrogen-bond acceptors (Lipinski definition) is 6. The lowest BCUT2D eigenvalue weighted by molar-refractivity contribution is -0.384. The van der Waals surface area contributed by atoms with Gasteiger partial charge in [0.2, 0.25) is 10.0 Å². The minimum absolute atomic E-state index is 0.0291. The summed E-state index contributed by atoms with van der Waals surface area (Å²) in [5, 5.41) is 11.3. The van der Waals surface area contributed by atoms with Gasteiger partial charge >= 0.3 is 0 Å². The van der Waals surface area contributed by atoms with Crippen molar-refractivity contribution in [3.05, 3.63) is 28.3 Å². The normalized spacial score (nSPS) is 19.5. The summed E-state index contributed by atoms with van der Waals surface area (Å²) in [7, 11) is -0.930. The van der Waals surface area contributed by atoms with Crippen LogP contribution < -0.4 is 10.6 Å². The van der Waals surface area contributed by atoms with Crippen molar-refractivity contribution in [3.63, 3.8) is 0 Å². The molecule has 2 rings (SSSR count). The lowest BCUT2D eigenvalue weighted by atomic mass is 10.1. The van der Waals surface area contributed by atoms with Crippen LogP contribution in [0.3, 0.4) is 0 Å². The largest absolute Gasteiger partial charge is 0.364 e. The predicted molar refractivity (Wildman–Crippen MR) is 83.4 cm³/mol. The van der Waals surface area contributed by atoms with Crippen molar-refractivity contribution < 1.29 is 13.3 Å². The molecular weight excluding hydrogens is 308 g/mol. The third-order valence-corrected chi connectivity index (χ3v) is 5.53. The van der Waals surface area contributed by atoms with E-state index in [0.29, 0.717) is 18.8 Å². The maximum Gasteiger partial charge on any atom is 0.293 e. The molecule has 8 nitrogen and oxygen atoms in total. The van der Waals surface area contributed by atoms with Gasteiger partial charge in [-0.3, -0.25) is 10.1 Å². The van der Waals surface area contributed by atoms with Crippen LogP contribution in [0.5, 0.6) is 0 Å². The molecule has 9 heteroatoms. The number of nitro benzene ring substituents is 1. The first-order chi connectivity index (χ1) is 10.2. The highest BCUT2D eigenvalue weighted by atomic mass is 32.2. The molecule has 22 heavy (non-hydrogen) atoms. The number of sulfonamides is 1. The minimum atomic E-state index is -3.71. The molecule has 0 bridgehead atoms. The second-order valence-corrected chi connectivity index (χ2v) is 7.70. The van der Waals surface area contributed by atoms with E-state index in [0.717, 1.165) is 23.2 Å². The lowest BCUT2D eigenvalue weighted by Gasteiger charge is -2.32. The Morgan fingerprint density at radius 3 is 2.64 bits per heavy atom. The van der Waals surface area contributed by atoms with E-state index < -0.39 is 14.9 Å². The summed E-state index contributed by atoms with van der Waals surface area (Å²) in [6, 6.07) is 3.98. The van der Waals surface area contributed by atoms with Gasteiger partial charge in [0.15, 0.2) is 0 Å². The highest BCUT2D eigenvalue weighted by Crippen LogP contribution is 2.32. The van der Waals surface area contributed by atoms with Crippen LogP contribution >= 0.6 is 0 Å². The van der Waals surface area contributed by atoms with Gasteiger partial charge in [-0.15, -0.1) is 0 Å². The van der Waals surface area contributed by atoms with Crippen molar-refractivity contribution in [2.75, 3.05) is 32.1 Å². The van der Waals surface area contributed by atoms with Crippen molar-refractivity contribution in [1.82, 2.24) is 4.31 Å². The monoisotopic (exact) mass is 328 g/mol. The second-order valence-electron chi connectivity index (χ2n) is 5.54. The van der Waals surface area contributed by atoms with Crippen molar-refractivity contribution in [2.24, 2.45) is 5.73 Å². The maximum absolute atomic E-state index is 12.1. The number of nitro groups is 1. The first kappa shape index (κ1) is 16.7. The van der Waals surface area contributed by atoms with Gasteiger partial charge < -0.3 is 10.6 Å². The van der Waals surface area contributed by atoms with Crippen LogP contribution in [0.1, 0.15) is 12.8 Å². The number of nitrogens with zero attached hydrogens (tertiary/aromatic N) is 3. The van der Waals surface area contributed by atoms with Crippen molar-refractivity contribution in [1.29, 1.82) is 0 Å². The molecule has 1 aliphatic rings. The molecule has 0 spiro atoms. The van der Waals surface area contributed by atoms with E-state index in [4.69, 9.17) is 5.73 Å². The first-order valence-electron chi connectivity index (χ1n) is 6.95. The molecule has 122 valence electrons. The van der Waals surface area contributed by atoms with Gasteiger partial charge in [0.05, 0.1) is 9.82 Å². The summed E-state index contributed by atoms with van der Waals surface area (Å²) >= 11 is 0. The summed E-state index contributed by atoms with van der Waals surface area (Å²) in [5.74, 6) is 0. The summed E-state index contributed by atoms with van der Waals surface area (Å²) < 4.78 is 25.3. The second kappa shape index (κ2) is 6.19. The van der Waals surface area contributed by atoms with E-state index in [1.165, 1.54) is 26.2 Å². The Morgan fingerprint density at radius 1 is 1.41 bits per heavy atom. The average Bonchev–Trinajstić information content (AvgIpc) is 2.46. The Hall–Kier alpha value is -1.71. The smallest absolute Gasteiger partial charge is 0.293 e. The third-order valence-electron chi connectivity index (χ3n) is 3.72. The standard InChI is InChI=1S/C13H20N4O4S/c1-15(2)22(20,21)11-5-6-12(13(8-11)17(18)19)16-7-3-4-10(14)9-16/h5-6,8,10H,3-4,7,9,14H2,1-2H3/t10-/m1/s1. The number of hydrogen-bond donors (Lipinski definition) is 1. The van der Waals surface area contributed by atoms with E-state index in [-0.39, 0.29) is 16.6 Å². The van der Waals surface area contributed by atoms with Gasteiger partial charge in [0.1, 0.15) is 5.69 Å². The Labute approximate surface area is 129 Å². The quantitative estimate of drug-likeness (QED) is 0.646. The zero-order chi connectivity index (χ0) is 16.5. The Balaban J connectivity index is 2.47. The molecule has 0 unspecified atom stereocenters. The van der Waals surface area contributed by atoms with Gasteiger partial charge in [0, 0.05) is 39.3 Å². The van der Waals surface area contributed by atoms with E-state index in [1.807, 2.05) is 4.90 Å². The van der Waals surface area contributed by atoms with E-state index in [9.17, 15) is 18.5 Å². The van der Waals surface area contributed by atoms with Gasteiger partial charge in [0.25, 0.3) is 5.69 Å². The van der Waals surface area contributed by atoms with E-state index >= 15 is 0 Å². The molecule has 0 aliphatic carbocycles. The third kappa shape index (κ3) is 3.21. The van der Waals surface area contributed by atoms with Gasteiger partial charge in [-0.25, -0.2) is 12.7 Å². The van der Waals surface area contributed by atoms with Crippen molar-refractivity contribution in [3.8, 4) is 0 Å². The average molecular weight is 328 g/mol. The molecule has 0 saturated carbocycles. The van der Waals surface area contributed by atoms with Gasteiger partial charge in [-0.2, -0.15) is 0 Å². The molecule has 2 N–H and O–H groups in total. The molecule has 1 aliphatic heterocycles. The molecule has 1 aromatic carbocycles. The highest BCUT2D eigenvalue weighted by Gasteiger charge is 2.27. The summed E-state index contributed by atoms with van der Waals surface area (Å²) in [5.41, 5.74) is 6.12. The van der Waals surface area contributed by atoms with Crippen molar-refractivity contribution >= 4 is 21.4 Å².